The summed E-state index contributed by atoms with van der Waals surface area (Å²) in [6.45, 7) is 0. The fourth-order valence-corrected chi connectivity index (χ4v) is 2.69. The minimum Gasteiger partial charge on any atom is -0.480 e. The molecule has 0 unspecified atom stereocenters. The molecule has 8 heteroatoms. The molecule has 0 saturated carbocycles. The van der Waals surface area contributed by atoms with Gasteiger partial charge in [0.2, 0.25) is 11.9 Å². The fraction of sp³-hybridized carbons (Fsp3) is 0.167. The number of para-hydroxylation sites is 1. The smallest absolute Gasteiger partial charge is 0.329 e. The monoisotopic (exact) mass is 290 g/mol. The molecular weight excluding hydrogens is 280 g/mol. The number of aliphatic imine (C=N–C) groups is 1. The number of benzene rings is 1. The quantitative estimate of drug-likeness (QED) is 0.766. The van der Waals surface area contributed by atoms with E-state index in [9.17, 15) is 9.59 Å². The molecule has 3 N–H and O–H groups in total. The van der Waals surface area contributed by atoms with Gasteiger partial charge in [0.05, 0.1) is 16.6 Å². The summed E-state index contributed by atoms with van der Waals surface area (Å²) < 4.78 is 0.993. The van der Waals surface area contributed by atoms with Gasteiger partial charge in [0.25, 0.3) is 0 Å². The number of anilines is 1. The van der Waals surface area contributed by atoms with Crippen LogP contribution in [0.3, 0.4) is 0 Å². The Balaban J connectivity index is 1.86. The fourth-order valence-electron chi connectivity index (χ4n) is 1.83. The molecule has 0 fully saturated rings. The van der Waals surface area contributed by atoms with Crippen LogP contribution in [0.4, 0.5) is 5.13 Å². The highest BCUT2D eigenvalue weighted by Gasteiger charge is 2.26. The predicted octanol–water partition coefficient (Wildman–Crippen LogP) is 1.04. The van der Waals surface area contributed by atoms with Gasteiger partial charge in [0.15, 0.2) is 11.2 Å². The zero-order valence-corrected chi connectivity index (χ0v) is 11.0. The van der Waals surface area contributed by atoms with Crippen molar-refractivity contribution in [2.24, 2.45) is 4.99 Å². The lowest BCUT2D eigenvalue weighted by Crippen LogP contribution is -2.44. The van der Waals surface area contributed by atoms with Gasteiger partial charge in [-0.15, -0.1) is 0 Å². The highest BCUT2D eigenvalue weighted by Crippen LogP contribution is 2.25. The van der Waals surface area contributed by atoms with E-state index in [1.165, 1.54) is 11.3 Å². The van der Waals surface area contributed by atoms with Crippen LogP contribution < -0.4 is 10.6 Å². The number of rotatable bonds is 2. The molecule has 7 nitrogen and oxygen atoms in total. The van der Waals surface area contributed by atoms with E-state index in [0.717, 1.165) is 10.2 Å². The summed E-state index contributed by atoms with van der Waals surface area (Å²) in [5.41, 5.74) is 0.831. The van der Waals surface area contributed by atoms with Crippen LogP contribution in [0.5, 0.6) is 0 Å². The third kappa shape index (κ3) is 2.45. The molecule has 0 aliphatic carbocycles. The van der Waals surface area contributed by atoms with Crippen LogP contribution in [0.15, 0.2) is 29.3 Å². The summed E-state index contributed by atoms with van der Waals surface area (Å²) in [5.74, 6) is -1.38. The number of carboxylic acids is 1. The molecule has 0 radical (unpaired) electrons. The second-order valence-corrected chi connectivity index (χ2v) is 5.23. The first-order chi connectivity index (χ1) is 9.61. The van der Waals surface area contributed by atoms with Crippen molar-refractivity contribution in [2.75, 3.05) is 5.32 Å². The largest absolute Gasteiger partial charge is 0.480 e. The first-order valence-corrected chi connectivity index (χ1v) is 6.66. The first-order valence-electron chi connectivity index (χ1n) is 5.85. The zero-order chi connectivity index (χ0) is 14.1. The molecular formula is C12H10N4O3S. The Morgan fingerprint density at radius 1 is 1.45 bits per heavy atom. The van der Waals surface area contributed by atoms with Crippen LogP contribution in [0.25, 0.3) is 10.2 Å². The van der Waals surface area contributed by atoms with E-state index >= 15 is 0 Å². The number of nitrogens with zero attached hydrogens (tertiary/aromatic N) is 2. The number of aliphatic carboxylic acids is 1. The molecule has 1 aromatic carbocycles. The van der Waals surface area contributed by atoms with Crippen LogP contribution in [0.1, 0.15) is 6.42 Å². The normalized spacial score (nSPS) is 18.5. The van der Waals surface area contributed by atoms with Crippen LogP contribution in [-0.2, 0) is 9.59 Å². The van der Waals surface area contributed by atoms with Crippen molar-refractivity contribution < 1.29 is 14.7 Å². The molecule has 0 spiro atoms. The Kier molecular flexibility index (Phi) is 3.07. The molecule has 1 atom stereocenters. The second-order valence-electron chi connectivity index (χ2n) is 4.20. The minimum atomic E-state index is -1.12. The summed E-state index contributed by atoms with van der Waals surface area (Å²) >= 11 is 1.40. The Morgan fingerprint density at radius 2 is 2.25 bits per heavy atom. The molecule has 3 rings (SSSR count). The summed E-state index contributed by atoms with van der Waals surface area (Å²) in [4.78, 5) is 30.6. The van der Waals surface area contributed by atoms with Crippen LogP contribution in [0.2, 0.25) is 0 Å². The number of carboxylic acid groups (broad SMARTS) is 1. The standard InChI is InChI=1S/C12H10N4O3S/c17-9-5-7(10(18)19)13-11(15-9)16-12-14-6-3-1-2-4-8(6)20-12/h1-4,7H,5H2,(H,18,19)(H2,13,14,15,16,17)/t7-/m0/s1. The molecule has 20 heavy (non-hydrogen) atoms. The van der Waals surface area contributed by atoms with Crippen molar-refractivity contribution in [3.8, 4) is 0 Å². The number of amides is 1. The predicted molar refractivity (Wildman–Crippen MR) is 74.9 cm³/mol. The SMILES string of the molecule is O=C1C[C@@H](C(=O)O)N=C(Nc2nc3ccccc3s2)N1. The molecule has 1 aromatic heterocycles. The van der Waals surface area contributed by atoms with Gasteiger partial charge in [-0.1, -0.05) is 23.5 Å². The summed E-state index contributed by atoms with van der Waals surface area (Å²) in [7, 11) is 0. The number of hydrogen-bond acceptors (Lipinski definition) is 6. The lowest BCUT2D eigenvalue weighted by atomic mass is 10.2. The molecule has 1 amide bonds. The van der Waals surface area contributed by atoms with Crippen LogP contribution in [-0.4, -0.2) is 34.0 Å². The Bertz CT molecular complexity index is 691. The Hall–Kier alpha value is -2.48. The molecule has 1 aliphatic heterocycles. The third-order valence-corrected chi connectivity index (χ3v) is 3.68. The molecule has 1 aliphatic rings. The number of aromatic nitrogens is 1. The first kappa shape index (κ1) is 12.5. The van der Waals surface area contributed by atoms with Gasteiger partial charge in [0, 0.05) is 0 Å². The second kappa shape index (κ2) is 4.89. The van der Waals surface area contributed by atoms with Gasteiger partial charge in [0.1, 0.15) is 0 Å². The van der Waals surface area contributed by atoms with Gasteiger partial charge < -0.3 is 10.4 Å². The summed E-state index contributed by atoms with van der Waals surface area (Å²) in [6, 6.07) is 6.54. The van der Waals surface area contributed by atoms with Gasteiger partial charge in [-0.3, -0.25) is 10.1 Å². The minimum absolute atomic E-state index is 0.118. The van der Waals surface area contributed by atoms with Crippen molar-refractivity contribution >= 4 is 44.5 Å². The lowest BCUT2D eigenvalue weighted by molar-refractivity contribution is -0.140. The maximum absolute atomic E-state index is 11.4. The van der Waals surface area contributed by atoms with Gasteiger partial charge in [-0.05, 0) is 12.1 Å². The Labute approximate surface area is 117 Å². The van der Waals surface area contributed by atoms with E-state index in [1.54, 1.807) is 0 Å². The number of guanidine groups is 1. The lowest BCUT2D eigenvalue weighted by Gasteiger charge is -2.17. The highest BCUT2D eigenvalue weighted by molar-refractivity contribution is 7.22. The van der Waals surface area contributed by atoms with Crippen molar-refractivity contribution in [2.45, 2.75) is 12.5 Å². The Morgan fingerprint density at radius 3 is 3.00 bits per heavy atom. The number of nitrogens with one attached hydrogen (secondary N) is 2. The van der Waals surface area contributed by atoms with E-state index in [2.05, 4.69) is 20.6 Å². The van der Waals surface area contributed by atoms with E-state index in [1.807, 2.05) is 24.3 Å². The molecule has 2 aromatic rings. The zero-order valence-electron chi connectivity index (χ0n) is 10.2. The van der Waals surface area contributed by atoms with E-state index in [4.69, 9.17) is 5.11 Å². The van der Waals surface area contributed by atoms with Crippen molar-refractivity contribution in [1.29, 1.82) is 0 Å². The van der Waals surface area contributed by atoms with Gasteiger partial charge >= 0.3 is 5.97 Å². The summed E-state index contributed by atoms with van der Waals surface area (Å²) in [6.07, 6.45) is -0.152. The van der Waals surface area contributed by atoms with Crippen molar-refractivity contribution in [1.82, 2.24) is 10.3 Å². The number of hydrogen-bond donors (Lipinski definition) is 3. The van der Waals surface area contributed by atoms with Crippen molar-refractivity contribution in [3.63, 3.8) is 0 Å². The molecule has 102 valence electrons. The van der Waals surface area contributed by atoms with Gasteiger partial charge in [-0.25, -0.2) is 14.8 Å². The third-order valence-electron chi connectivity index (χ3n) is 2.73. The number of carbonyl (C=O) groups is 2. The van der Waals surface area contributed by atoms with E-state index in [-0.39, 0.29) is 18.3 Å². The maximum Gasteiger partial charge on any atom is 0.329 e. The summed E-state index contributed by atoms with van der Waals surface area (Å²) in [5, 5.41) is 14.8. The number of thiazole rings is 1. The molecule has 0 bridgehead atoms. The van der Waals surface area contributed by atoms with Gasteiger partial charge in [-0.2, -0.15) is 0 Å². The number of fused-ring (bicyclic) bond motifs is 1. The maximum atomic E-state index is 11.4. The number of carbonyl (C=O) groups excluding carboxylic acids is 1. The van der Waals surface area contributed by atoms with E-state index in [0.29, 0.717) is 5.13 Å². The highest BCUT2D eigenvalue weighted by atomic mass is 32.1. The van der Waals surface area contributed by atoms with E-state index < -0.39 is 12.0 Å². The van der Waals surface area contributed by atoms with Crippen LogP contribution in [0, 0.1) is 0 Å². The van der Waals surface area contributed by atoms with Crippen molar-refractivity contribution in [3.05, 3.63) is 24.3 Å². The topological polar surface area (TPSA) is 104 Å². The molecule has 0 saturated heterocycles. The average Bonchev–Trinajstić information content (AvgIpc) is 2.79. The molecule has 2 heterocycles. The van der Waals surface area contributed by atoms with Crippen LogP contribution >= 0.6 is 11.3 Å². The average molecular weight is 290 g/mol.